The summed E-state index contributed by atoms with van der Waals surface area (Å²) >= 11 is 3.40. The Morgan fingerprint density at radius 2 is 2.10 bits per heavy atom. The van der Waals surface area contributed by atoms with Crippen molar-refractivity contribution in [2.45, 2.75) is 46.1 Å². The molecular weight excluding hydrogens is 328 g/mol. The van der Waals surface area contributed by atoms with Gasteiger partial charge in [0.25, 0.3) is 5.91 Å². The monoisotopic (exact) mass is 352 g/mol. The first-order valence-electron chi connectivity index (χ1n) is 7.74. The Labute approximate surface area is 135 Å². The van der Waals surface area contributed by atoms with Gasteiger partial charge < -0.3 is 11.1 Å². The van der Waals surface area contributed by atoms with Crippen LogP contribution >= 0.6 is 15.9 Å². The Bertz CT molecular complexity index is 516. The predicted molar refractivity (Wildman–Crippen MR) is 91.2 cm³/mol. The minimum atomic E-state index is -0.0569. The van der Waals surface area contributed by atoms with E-state index in [0.717, 1.165) is 10.9 Å². The third-order valence-electron chi connectivity index (χ3n) is 4.60. The highest BCUT2D eigenvalue weighted by atomic mass is 79.9. The number of hydrogen-bond donors (Lipinski definition) is 2. The fraction of sp³-hybridized carbons (Fsp3) is 0.588. The van der Waals surface area contributed by atoms with Gasteiger partial charge in [0, 0.05) is 16.2 Å². The largest absolute Gasteiger partial charge is 0.398 e. The van der Waals surface area contributed by atoms with Crippen molar-refractivity contribution in [3.05, 3.63) is 28.2 Å². The van der Waals surface area contributed by atoms with E-state index in [1.54, 1.807) is 12.1 Å². The number of nitrogens with two attached hydrogens (primary N) is 1. The molecule has 2 rings (SSSR count). The fourth-order valence-corrected chi connectivity index (χ4v) is 3.70. The van der Waals surface area contributed by atoms with Crippen molar-refractivity contribution in [3.63, 3.8) is 0 Å². The zero-order valence-electron chi connectivity index (χ0n) is 13.0. The molecule has 0 bridgehead atoms. The second kappa shape index (κ2) is 6.82. The highest BCUT2D eigenvalue weighted by Crippen LogP contribution is 2.33. The molecule has 1 saturated carbocycles. The van der Waals surface area contributed by atoms with Crippen LogP contribution in [0.15, 0.2) is 22.7 Å². The molecule has 21 heavy (non-hydrogen) atoms. The van der Waals surface area contributed by atoms with Gasteiger partial charge in [-0.05, 0) is 48.8 Å². The molecule has 0 heterocycles. The summed E-state index contributed by atoms with van der Waals surface area (Å²) in [5.41, 5.74) is 7.02. The van der Waals surface area contributed by atoms with Crippen LogP contribution in [0.4, 0.5) is 5.69 Å². The zero-order chi connectivity index (χ0) is 15.6. The van der Waals surface area contributed by atoms with Crippen LogP contribution in [0, 0.1) is 17.8 Å². The van der Waals surface area contributed by atoms with Crippen molar-refractivity contribution in [2.75, 3.05) is 5.73 Å². The topological polar surface area (TPSA) is 55.1 Å². The summed E-state index contributed by atoms with van der Waals surface area (Å²) < 4.78 is 0.874. The Morgan fingerprint density at radius 1 is 1.38 bits per heavy atom. The average molecular weight is 353 g/mol. The lowest BCUT2D eigenvalue weighted by atomic mass is 9.74. The second-order valence-corrected chi connectivity index (χ2v) is 7.55. The van der Waals surface area contributed by atoms with E-state index in [1.807, 2.05) is 6.07 Å². The molecule has 1 amide bonds. The Hall–Kier alpha value is -1.03. The molecule has 0 aliphatic heterocycles. The lowest BCUT2D eigenvalue weighted by molar-refractivity contribution is 0.0868. The van der Waals surface area contributed by atoms with E-state index < -0.39 is 0 Å². The van der Waals surface area contributed by atoms with Crippen molar-refractivity contribution >= 4 is 27.5 Å². The molecule has 116 valence electrons. The van der Waals surface area contributed by atoms with Crippen LogP contribution in [-0.2, 0) is 0 Å². The maximum absolute atomic E-state index is 12.5. The van der Waals surface area contributed by atoms with E-state index >= 15 is 0 Å². The van der Waals surface area contributed by atoms with Gasteiger partial charge in [0.1, 0.15) is 0 Å². The number of anilines is 1. The van der Waals surface area contributed by atoms with Crippen molar-refractivity contribution in [1.82, 2.24) is 5.32 Å². The molecule has 0 aromatic heterocycles. The smallest absolute Gasteiger partial charge is 0.253 e. The first kappa shape index (κ1) is 16.3. The van der Waals surface area contributed by atoms with Gasteiger partial charge in [-0.15, -0.1) is 0 Å². The molecule has 4 heteroatoms. The van der Waals surface area contributed by atoms with E-state index in [1.165, 1.54) is 12.8 Å². The molecule has 0 saturated heterocycles. The molecule has 0 radical (unpaired) electrons. The van der Waals surface area contributed by atoms with Crippen molar-refractivity contribution in [1.29, 1.82) is 0 Å². The van der Waals surface area contributed by atoms with E-state index in [9.17, 15) is 4.79 Å². The van der Waals surface area contributed by atoms with E-state index in [2.05, 4.69) is 42.0 Å². The van der Waals surface area contributed by atoms with Gasteiger partial charge in [-0.2, -0.15) is 0 Å². The Morgan fingerprint density at radius 3 is 2.76 bits per heavy atom. The molecule has 1 aromatic rings. The SMILES string of the molecule is CC1CCC(C(C)C)C(NC(=O)c2cc(Br)ccc2N)C1. The molecule has 3 nitrogen and oxygen atoms in total. The molecule has 1 aliphatic rings. The molecule has 3 atom stereocenters. The number of carbonyl (C=O) groups excluding carboxylic acids is 1. The number of hydrogen-bond acceptors (Lipinski definition) is 2. The third kappa shape index (κ3) is 4.00. The molecule has 3 unspecified atom stereocenters. The summed E-state index contributed by atoms with van der Waals surface area (Å²) in [6.45, 7) is 6.75. The molecule has 1 aromatic carbocycles. The maximum Gasteiger partial charge on any atom is 0.253 e. The van der Waals surface area contributed by atoms with Crippen molar-refractivity contribution in [2.24, 2.45) is 17.8 Å². The molecule has 1 aliphatic carbocycles. The molecule has 0 spiro atoms. The highest BCUT2D eigenvalue weighted by molar-refractivity contribution is 9.10. The van der Waals surface area contributed by atoms with Crippen molar-refractivity contribution in [3.8, 4) is 0 Å². The number of halogens is 1. The summed E-state index contributed by atoms with van der Waals surface area (Å²) in [6, 6.07) is 5.66. The Balaban J connectivity index is 2.14. The fourth-order valence-electron chi connectivity index (χ4n) is 3.34. The number of carbonyl (C=O) groups is 1. The minimum Gasteiger partial charge on any atom is -0.398 e. The normalized spacial score (nSPS) is 25.9. The van der Waals surface area contributed by atoms with Crippen molar-refractivity contribution < 1.29 is 4.79 Å². The minimum absolute atomic E-state index is 0.0569. The maximum atomic E-state index is 12.5. The zero-order valence-corrected chi connectivity index (χ0v) is 14.6. The van der Waals surface area contributed by atoms with E-state index in [-0.39, 0.29) is 11.9 Å². The van der Waals surface area contributed by atoms with Gasteiger partial charge in [-0.1, -0.05) is 43.1 Å². The lowest BCUT2D eigenvalue weighted by Gasteiger charge is -2.37. The van der Waals surface area contributed by atoms with Gasteiger partial charge in [-0.25, -0.2) is 0 Å². The predicted octanol–water partition coefficient (Wildman–Crippen LogP) is 4.22. The van der Waals surface area contributed by atoms with Crippen LogP contribution in [0.3, 0.4) is 0 Å². The summed E-state index contributed by atoms with van der Waals surface area (Å²) in [5.74, 6) is 1.75. The first-order chi connectivity index (χ1) is 9.88. The number of nitrogens with one attached hydrogen (secondary N) is 1. The van der Waals surface area contributed by atoms with Crippen LogP contribution in [0.2, 0.25) is 0 Å². The quantitative estimate of drug-likeness (QED) is 0.800. The highest BCUT2D eigenvalue weighted by Gasteiger charge is 2.32. The van der Waals surface area contributed by atoms with Crippen LogP contribution in [0.25, 0.3) is 0 Å². The number of nitrogen functional groups attached to an aromatic ring is 1. The van der Waals surface area contributed by atoms with Crippen LogP contribution in [0.5, 0.6) is 0 Å². The third-order valence-corrected chi connectivity index (χ3v) is 5.09. The number of rotatable bonds is 3. The second-order valence-electron chi connectivity index (χ2n) is 6.64. The lowest BCUT2D eigenvalue weighted by Crippen LogP contribution is -2.45. The molecular formula is C17H25BrN2O. The first-order valence-corrected chi connectivity index (χ1v) is 8.53. The van der Waals surface area contributed by atoms with E-state index in [0.29, 0.717) is 29.0 Å². The molecule has 3 N–H and O–H groups in total. The van der Waals surface area contributed by atoms with Gasteiger partial charge in [-0.3, -0.25) is 4.79 Å². The average Bonchev–Trinajstić information content (AvgIpc) is 2.41. The van der Waals surface area contributed by atoms with Gasteiger partial charge in [0.2, 0.25) is 0 Å². The number of benzene rings is 1. The van der Waals surface area contributed by atoms with Crippen LogP contribution in [-0.4, -0.2) is 11.9 Å². The Kier molecular flexibility index (Phi) is 5.31. The van der Waals surface area contributed by atoms with Crippen LogP contribution < -0.4 is 11.1 Å². The van der Waals surface area contributed by atoms with Gasteiger partial charge >= 0.3 is 0 Å². The number of amides is 1. The summed E-state index contributed by atoms with van der Waals surface area (Å²) in [7, 11) is 0. The summed E-state index contributed by atoms with van der Waals surface area (Å²) in [4.78, 5) is 12.5. The van der Waals surface area contributed by atoms with Gasteiger partial charge in [0.05, 0.1) is 5.56 Å². The van der Waals surface area contributed by atoms with Crippen LogP contribution in [0.1, 0.15) is 50.4 Å². The molecule has 1 fully saturated rings. The summed E-state index contributed by atoms with van der Waals surface area (Å²) in [6.07, 6.45) is 3.51. The van der Waals surface area contributed by atoms with Gasteiger partial charge in [0.15, 0.2) is 0 Å². The summed E-state index contributed by atoms with van der Waals surface area (Å²) in [5, 5.41) is 3.23. The van der Waals surface area contributed by atoms with E-state index in [4.69, 9.17) is 5.73 Å². The standard InChI is InChI=1S/C17H25BrN2O/c1-10(2)13-6-4-11(3)8-16(13)20-17(21)14-9-12(18)5-7-15(14)19/h5,7,9-11,13,16H,4,6,8,19H2,1-3H3,(H,20,21).